The minimum absolute atomic E-state index is 0.178. The Kier molecular flexibility index (Phi) is 9.51. The van der Waals surface area contributed by atoms with E-state index in [0.29, 0.717) is 22.6 Å². The van der Waals surface area contributed by atoms with Gasteiger partial charge in [0.15, 0.2) is 11.5 Å². The van der Waals surface area contributed by atoms with E-state index in [1.165, 1.54) is 76.3 Å². The summed E-state index contributed by atoms with van der Waals surface area (Å²) in [6.45, 7) is 1.82. The van der Waals surface area contributed by atoms with Crippen molar-refractivity contribution in [1.82, 2.24) is 0 Å². The van der Waals surface area contributed by atoms with Crippen LogP contribution in [-0.4, -0.2) is 36.0 Å². The SMILES string of the molecule is C[S+](CC(=O)C1CCCCC1)C1CCCCC1.Cc1ccc(S(=O)(=O)[O-])cc1. The van der Waals surface area contributed by atoms with Crippen LogP contribution in [0.2, 0.25) is 0 Å². The molecule has 1 aromatic rings. The highest BCUT2D eigenvalue weighted by Gasteiger charge is 2.32. The van der Waals surface area contributed by atoms with Gasteiger partial charge in [0.25, 0.3) is 0 Å². The summed E-state index contributed by atoms with van der Waals surface area (Å²) < 4.78 is 31.2. The van der Waals surface area contributed by atoms with Crippen LogP contribution in [0.25, 0.3) is 0 Å². The van der Waals surface area contributed by atoms with Crippen LogP contribution in [0.5, 0.6) is 0 Å². The van der Waals surface area contributed by atoms with Crippen molar-refractivity contribution in [2.75, 3.05) is 12.0 Å². The van der Waals surface area contributed by atoms with Crippen LogP contribution in [-0.2, 0) is 25.8 Å². The molecular weight excluding hydrogens is 392 g/mol. The largest absolute Gasteiger partial charge is 0.744 e. The van der Waals surface area contributed by atoms with Gasteiger partial charge < -0.3 is 4.55 Å². The number of benzene rings is 1. The smallest absolute Gasteiger partial charge is 0.184 e. The molecule has 1 unspecified atom stereocenters. The Morgan fingerprint density at radius 2 is 1.46 bits per heavy atom. The average Bonchev–Trinajstić information content (AvgIpc) is 2.69. The van der Waals surface area contributed by atoms with Crippen molar-refractivity contribution in [1.29, 1.82) is 0 Å². The summed E-state index contributed by atoms with van der Waals surface area (Å²) in [5.41, 5.74) is 0.928. The van der Waals surface area contributed by atoms with Crippen molar-refractivity contribution >= 4 is 26.8 Å². The van der Waals surface area contributed by atoms with Crippen LogP contribution in [0.15, 0.2) is 29.2 Å². The number of carbonyl (C=O) groups is 1. The van der Waals surface area contributed by atoms with Gasteiger partial charge in [-0.05, 0) is 68.5 Å². The first-order valence-electron chi connectivity index (χ1n) is 10.4. The van der Waals surface area contributed by atoms with Crippen LogP contribution in [0, 0.1) is 12.8 Å². The molecule has 3 rings (SSSR count). The average molecular weight is 427 g/mol. The van der Waals surface area contributed by atoms with Crippen molar-refractivity contribution in [2.24, 2.45) is 5.92 Å². The standard InChI is InChI=1S/C15H27OS.C7H8O3S/c1-17(14-10-6-3-7-11-14)12-15(16)13-8-4-2-5-9-13;1-6-2-4-7(5-3-6)11(8,9)10/h13-14H,2-12H2,1H3;2-5H,1H3,(H,8,9,10)/q+1;/p-1. The Morgan fingerprint density at radius 3 is 1.96 bits per heavy atom. The summed E-state index contributed by atoms with van der Waals surface area (Å²) in [5.74, 6) is 1.93. The number of carbonyl (C=O) groups excluding carboxylic acids is 1. The van der Waals surface area contributed by atoms with Gasteiger partial charge in [0.1, 0.15) is 15.4 Å². The molecule has 0 heterocycles. The maximum absolute atomic E-state index is 12.3. The third-order valence-corrected chi connectivity index (χ3v) is 9.06. The molecule has 0 aliphatic heterocycles. The molecule has 0 aromatic heterocycles. The topological polar surface area (TPSA) is 74.3 Å². The minimum Gasteiger partial charge on any atom is -0.744 e. The molecule has 2 aliphatic carbocycles. The van der Waals surface area contributed by atoms with Gasteiger partial charge in [-0.3, -0.25) is 4.79 Å². The van der Waals surface area contributed by atoms with E-state index in [2.05, 4.69) is 6.26 Å². The van der Waals surface area contributed by atoms with E-state index in [1.54, 1.807) is 12.1 Å². The number of hydrogen-bond acceptors (Lipinski definition) is 4. The first kappa shape index (κ1) is 23.4. The monoisotopic (exact) mass is 426 g/mol. The highest BCUT2D eigenvalue weighted by molar-refractivity contribution is 7.97. The highest BCUT2D eigenvalue weighted by Crippen LogP contribution is 2.28. The predicted molar refractivity (Wildman–Crippen MR) is 116 cm³/mol. The summed E-state index contributed by atoms with van der Waals surface area (Å²) in [6.07, 6.45) is 15.6. The number of Topliss-reactive ketones (excluding diaryl/α,β-unsaturated/α-hetero) is 1. The molecule has 6 heteroatoms. The van der Waals surface area contributed by atoms with Crippen LogP contribution in [0.4, 0.5) is 0 Å². The molecule has 0 radical (unpaired) electrons. The summed E-state index contributed by atoms with van der Waals surface area (Å²) in [6, 6.07) is 5.78. The Hall–Kier alpha value is -0.850. The predicted octanol–water partition coefficient (Wildman–Crippen LogP) is 4.62. The normalized spacial score (nSPS) is 20.1. The van der Waals surface area contributed by atoms with Crippen LogP contribution < -0.4 is 0 Å². The van der Waals surface area contributed by atoms with E-state index < -0.39 is 10.1 Å². The van der Waals surface area contributed by atoms with Crippen LogP contribution in [0.1, 0.15) is 69.8 Å². The first-order chi connectivity index (χ1) is 13.3. The fraction of sp³-hybridized carbons (Fsp3) is 0.682. The molecule has 0 spiro atoms. The first-order valence-corrected chi connectivity index (χ1v) is 13.7. The van der Waals surface area contributed by atoms with Crippen LogP contribution >= 0.6 is 0 Å². The van der Waals surface area contributed by atoms with E-state index in [4.69, 9.17) is 0 Å². The van der Waals surface area contributed by atoms with Gasteiger partial charge in [-0.1, -0.05) is 43.4 Å². The van der Waals surface area contributed by atoms with Crippen molar-refractivity contribution in [3.63, 3.8) is 0 Å². The second kappa shape index (κ2) is 11.4. The summed E-state index contributed by atoms with van der Waals surface area (Å²) in [4.78, 5) is 12.1. The van der Waals surface area contributed by atoms with E-state index in [1.807, 2.05) is 6.92 Å². The quantitative estimate of drug-likeness (QED) is 0.509. The maximum Gasteiger partial charge on any atom is 0.184 e. The Bertz CT molecular complexity index is 701. The van der Waals surface area contributed by atoms with E-state index in [9.17, 15) is 17.8 Å². The summed E-state index contributed by atoms with van der Waals surface area (Å²) in [7, 11) is -3.91. The lowest BCUT2D eigenvalue weighted by atomic mass is 9.87. The van der Waals surface area contributed by atoms with E-state index >= 15 is 0 Å². The molecule has 1 aromatic carbocycles. The zero-order valence-electron chi connectivity index (χ0n) is 17.2. The molecule has 4 nitrogen and oxygen atoms in total. The van der Waals surface area contributed by atoms with Gasteiger partial charge >= 0.3 is 0 Å². The van der Waals surface area contributed by atoms with Gasteiger partial charge in [-0.25, -0.2) is 8.42 Å². The molecular formula is C22H34O4S2. The third-order valence-electron chi connectivity index (χ3n) is 5.86. The summed E-state index contributed by atoms with van der Waals surface area (Å²) >= 11 is 0. The van der Waals surface area contributed by atoms with Crippen molar-refractivity contribution in [3.8, 4) is 0 Å². The molecule has 0 N–H and O–H groups in total. The Labute approximate surface area is 173 Å². The minimum atomic E-state index is -4.27. The second-order valence-corrected chi connectivity index (χ2v) is 11.9. The van der Waals surface area contributed by atoms with Gasteiger partial charge in [0.2, 0.25) is 0 Å². The number of aryl methyl sites for hydroxylation is 1. The van der Waals surface area contributed by atoms with Gasteiger partial charge in [0.05, 0.1) is 11.2 Å². The lowest BCUT2D eigenvalue weighted by molar-refractivity contribution is -0.121. The molecule has 2 aliphatic rings. The molecule has 158 valence electrons. The molecule has 0 bridgehead atoms. The van der Waals surface area contributed by atoms with Gasteiger partial charge in [-0.2, -0.15) is 0 Å². The van der Waals surface area contributed by atoms with Crippen molar-refractivity contribution < 1.29 is 17.8 Å². The number of ketones is 1. The zero-order chi connectivity index (χ0) is 20.6. The lowest BCUT2D eigenvalue weighted by Crippen LogP contribution is -2.32. The lowest BCUT2D eigenvalue weighted by Gasteiger charge is -2.23. The Balaban J connectivity index is 0.000000221. The zero-order valence-corrected chi connectivity index (χ0v) is 18.8. The van der Waals surface area contributed by atoms with E-state index in [-0.39, 0.29) is 4.90 Å². The summed E-state index contributed by atoms with van der Waals surface area (Å²) in [5, 5.41) is 0.872. The Morgan fingerprint density at radius 1 is 0.964 bits per heavy atom. The van der Waals surface area contributed by atoms with Crippen LogP contribution in [0.3, 0.4) is 0 Å². The molecule has 2 saturated carbocycles. The number of rotatable bonds is 5. The molecule has 2 fully saturated rings. The van der Waals surface area contributed by atoms with Crippen molar-refractivity contribution in [2.45, 2.75) is 81.3 Å². The second-order valence-electron chi connectivity index (χ2n) is 8.16. The van der Waals surface area contributed by atoms with Gasteiger partial charge in [-0.15, -0.1) is 0 Å². The molecule has 28 heavy (non-hydrogen) atoms. The van der Waals surface area contributed by atoms with Crippen molar-refractivity contribution in [3.05, 3.63) is 29.8 Å². The maximum atomic E-state index is 12.3. The molecule has 0 saturated heterocycles. The van der Waals surface area contributed by atoms with Gasteiger partial charge in [0, 0.05) is 5.92 Å². The highest BCUT2D eigenvalue weighted by atomic mass is 32.2. The fourth-order valence-corrected chi connectivity index (χ4v) is 6.58. The fourth-order valence-electron chi connectivity index (χ4n) is 4.06. The molecule has 0 amide bonds. The van der Waals surface area contributed by atoms with E-state index in [0.717, 1.165) is 16.6 Å². The number of hydrogen-bond donors (Lipinski definition) is 0. The molecule has 1 atom stereocenters. The third kappa shape index (κ3) is 7.88.